The van der Waals surface area contributed by atoms with E-state index in [0.717, 1.165) is 22.5 Å². The van der Waals surface area contributed by atoms with Gasteiger partial charge in [0.25, 0.3) is 5.91 Å². The lowest BCUT2D eigenvalue weighted by Crippen LogP contribution is -2.33. The molecule has 154 valence electrons. The molecule has 3 amide bonds. The van der Waals surface area contributed by atoms with Crippen LogP contribution in [0.25, 0.3) is 0 Å². The Morgan fingerprint density at radius 1 is 0.900 bits per heavy atom. The first kappa shape index (κ1) is 21.3. The Bertz CT molecular complexity index is 1060. The molecule has 5 nitrogen and oxygen atoms in total. The summed E-state index contributed by atoms with van der Waals surface area (Å²) in [6.07, 6.45) is 0. The van der Waals surface area contributed by atoms with E-state index in [4.69, 9.17) is 0 Å². The highest BCUT2D eigenvalue weighted by Gasteiger charge is 2.14. The summed E-state index contributed by atoms with van der Waals surface area (Å²) in [5.74, 6) is -2.73. The summed E-state index contributed by atoms with van der Waals surface area (Å²) in [5.41, 5.74) is 0.939. The Hall–Kier alpha value is -3.46. The molecular weight excluding hydrogens is 415 g/mol. The SMILES string of the molecule is O=C(Nc1ccc(N(S)C(=O)NCc2cc(F)cc(F)c2)cc1)c1ccccc1F. The maximum Gasteiger partial charge on any atom is 0.332 e. The van der Waals surface area contributed by atoms with Crippen LogP contribution in [0.15, 0.2) is 66.7 Å². The number of nitrogens with zero attached hydrogens (tertiary/aromatic N) is 1. The van der Waals surface area contributed by atoms with Gasteiger partial charge in [0.1, 0.15) is 17.5 Å². The first-order valence-corrected chi connectivity index (χ1v) is 9.11. The number of hydrogen-bond donors (Lipinski definition) is 3. The van der Waals surface area contributed by atoms with Gasteiger partial charge < -0.3 is 10.6 Å². The minimum atomic E-state index is -0.741. The van der Waals surface area contributed by atoms with E-state index < -0.39 is 29.4 Å². The van der Waals surface area contributed by atoms with Crippen molar-refractivity contribution >= 4 is 36.1 Å². The van der Waals surface area contributed by atoms with Crippen LogP contribution >= 0.6 is 12.8 Å². The van der Waals surface area contributed by atoms with E-state index in [0.29, 0.717) is 11.4 Å². The zero-order valence-electron chi connectivity index (χ0n) is 15.4. The van der Waals surface area contributed by atoms with Gasteiger partial charge in [-0.3, -0.25) is 4.79 Å². The van der Waals surface area contributed by atoms with Gasteiger partial charge in [-0.25, -0.2) is 22.3 Å². The van der Waals surface area contributed by atoms with Crippen LogP contribution in [0.2, 0.25) is 0 Å². The summed E-state index contributed by atoms with van der Waals surface area (Å²) in [5, 5.41) is 5.05. The fourth-order valence-electron chi connectivity index (χ4n) is 2.61. The molecule has 0 unspecified atom stereocenters. The number of urea groups is 1. The van der Waals surface area contributed by atoms with Gasteiger partial charge in [-0.2, -0.15) is 0 Å². The van der Waals surface area contributed by atoms with Crippen molar-refractivity contribution < 1.29 is 22.8 Å². The van der Waals surface area contributed by atoms with Gasteiger partial charge in [0.15, 0.2) is 0 Å². The molecule has 0 aliphatic heterocycles. The third-order valence-corrected chi connectivity index (χ3v) is 4.46. The van der Waals surface area contributed by atoms with Crippen LogP contribution in [0.5, 0.6) is 0 Å². The highest BCUT2D eigenvalue weighted by Crippen LogP contribution is 2.21. The van der Waals surface area contributed by atoms with Gasteiger partial charge in [-0.05, 0) is 54.1 Å². The molecule has 0 atom stereocenters. The lowest BCUT2D eigenvalue weighted by molar-refractivity contribution is 0.102. The van der Waals surface area contributed by atoms with Gasteiger partial charge in [0.2, 0.25) is 0 Å². The van der Waals surface area contributed by atoms with Gasteiger partial charge in [0, 0.05) is 18.3 Å². The van der Waals surface area contributed by atoms with E-state index in [9.17, 15) is 22.8 Å². The first-order chi connectivity index (χ1) is 14.3. The number of thiol groups is 1. The second-order valence-electron chi connectivity index (χ2n) is 6.23. The highest BCUT2D eigenvalue weighted by molar-refractivity contribution is 7.82. The van der Waals surface area contributed by atoms with E-state index in [2.05, 4.69) is 23.4 Å². The molecule has 3 rings (SSSR count). The van der Waals surface area contributed by atoms with Crippen LogP contribution in [0, 0.1) is 17.5 Å². The van der Waals surface area contributed by atoms with Crippen molar-refractivity contribution in [3.05, 3.63) is 95.3 Å². The van der Waals surface area contributed by atoms with Crippen LogP contribution in [0.1, 0.15) is 15.9 Å². The molecule has 0 aliphatic rings. The van der Waals surface area contributed by atoms with Crippen LogP contribution in [-0.4, -0.2) is 11.9 Å². The van der Waals surface area contributed by atoms with Gasteiger partial charge in [-0.1, -0.05) is 24.9 Å². The minimum Gasteiger partial charge on any atom is -0.333 e. The Kier molecular flexibility index (Phi) is 6.63. The summed E-state index contributed by atoms with van der Waals surface area (Å²) in [4.78, 5) is 24.3. The van der Waals surface area contributed by atoms with Gasteiger partial charge in [0.05, 0.1) is 11.3 Å². The van der Waals surface area contributed by atoms with Crippen molar-refractivity contribution in [2.45, 2.75) is 6.54 Å². The topological polar surface area (TPSA) is 61.4 Å². The van der Waals surface area contributed by atoms with E-state index in [1.54, 1.807) is 6.07 Å². The standard InChI is InChI=1S/C21H16F3N3O2S/c22-14-9-13(10-15(23)11-14)12-25-21(29)27(30)17-7-5-16(6-8-17)26-20(28)18-3-1-2-4-19(18)24/h1-11,30H,12H2,(H,25,29)(H,26,28). The summed E-state index contributed by atoms with van der Waals surface area (Å²) in [7, 11) is 0. The second-order valence-corrected chi connectivity index (χ2v) is 6.63. The molecule has 9 heteroatoms. The number of amides is 3. The Labute approximate surface area is 176 Å². The molecule has 0 bridgehead atoms. The lowest BCUT2D eigenvalue weighted by Gasteiger charge is -2.17. The molecule has 3 aromatic carbocycles. The number of halogens is 3. The van der Waals surface area contributed by atoms with Gasteiger partial charge >= 0.3 is 6.03 Å². The zero-order valence-corrected chi connectivity index (χ0v) is 16.3. The van der Waals surface area contributed by atoms with Crippen LogP contribution < -0.4 is 14.9 Å². The number of carbonyl (C=O) groups is 2. The highest BCUT2D eigenvalue weighted by atomic mass is 32.1. The zero-order chi connectivity index (χ0) is 21.7. The number of rotatable bonds is 5. The Balaban J connectivity index is 1.60. The predicted octanol–water partition coefficient (Wildman–Crippen LogP) is 4.92. The molecule has 0 heterocycles. The third-order valence-electron chi connectivity index (χ3n) is 4.05. The Morgan fingerprint density at radius 2 is 1.53 bits per heavy atom. The van der Waals surface area contributed by atoms with Crippen molar-refractivity contribution in [1.82, 2.24) is 5.32 Å². The Morgan fingerprint density at radius 3 is 2.17 bits per heavy atom. The fourth-order valence-corrected chi connectivity index (χ4v) is 2.82. The molecule has 3 aromatic rings. The average Bonchev–Trinajstić information content (AvgIpc) is 2.71. The van der Waals surface area contributed by atoms with E-state index in [1.165, 1.54) is 42.5 Å². The lowest BCUT2D eigenvalue weighted by atomic mass is 10.2. The summed E-state index contributed by atoms with van der Waals surface area (Å²) < 4.78 is 41.1. The first-order valence-electron chi connectivity index (χ1n) is 8.71. The number of nitrogens with one attached hydrogen (secondary N) is 2. The number of anilines is 2. The maximum atomic E-state index is 13.7. The van der Waals surface area contributed by atoms with Crippen LogP contribution in [-0.2, 0) is 6.54 Å². The summed E-state index contributed by atoms with van der Waals surface area (Å²) in [6.45, 7) is -0.0959. The largest absolute Gasteiger partial charge is 0.333 e. The fraction of sp³-hybridized carbons (Fsp3) is 0.0476. The second kappa shape index (κ2) is 9.36. The molecule has 30 heavy (non-hydrogen) atoms. The van der Waals surface area contributed by atoms with Crippen molar-refractivity contribution in [1.29, 1.82) is 0 Å². The molecule has 0 saturated heterocycles. The normalized spacial score (nSPS) is 10.4. The van der Waals surface area contributed by atoms with Crippen molar-refractivity contribution in [2.24, 2.45) is 0 Å². The molecule has 0 radical (unpaired) electrons. The smallest absolute Gasteiger partial charge is 0.332 e. The molecule has 0 aromatic heterocycles. The van der Waals surface area contributed by atoms with Crippen molar-refractivity contribution in [3.63, 3.8) is 0 Å². The number of carbonyl (C=O) groups excluding carboxylic acids is 2. The van der Waals surface area contributed by atoms with Gasteiger partial charge in [-0.15, -0.1) is 0 Å². The molecule has 0 aliphatic carbocycles. The number of hydrogen-bond acceptors (Lipinski definition) is 3. The predicted molar refractivity (Wildman–Crippen MR) is 111 cm³/mol. The molecule has 2 N–H and O–H groups in total. The number of benzene rings is 3. The minimum absolute atomic E-state index is 0.0921. The molecular formula is C21H16F3N3O2S. The van der Waals surface area contributed by atoms with Crippen molar-refractivity contribution in [2.75, 3.05) is 9.62 Å². The summed E-state index contributed by atoms with van der Waals surface area (Å²) >= 11 is 4.11. The molecule has 0 spiro atoms. The quantitative estimate of drug-likeness (QED) is 0.503. The third kappa shape index (κ3) is 5.32. The van der Waals surface area contributed by atoms with E-state index in [1.807, 2.05) is 0 Å². The van der Waals surface area contributed by atoms with E-state index >= 15 is 0 Å². The summed E-state index contributed by atoms with van der Waals surface area (Å²) in [6, 6.07) is 14.0. The van der Waals surface area contributed by atoms with Crippen LogP contribution in [0.3, 0.4) is 0 Å². The monoisotopic (exact) mass is 431 g/mol. The van der Waals surface area contributed by atoms with Crippen molar-refractivity contribution in [3.8, 4) is 0 Å². The molecule has 0 saturated carbocycles. The van der Waals surface area contributed by atoms with Crippen LogP contribution in [0.4, 0.5) is 29.3 Å². The average molecular weight is 431 g/mol. The molecule has 0 fully saturated rings. The maximum absolute atomic E-state index is 13.7. The van der Waals surface area contributed by atoms with E-state index in [-0.39, 0.29) is 17.7 Å².